The third-order valence-electron chi connectivity index (χ3n) is 4.71. The Morgan fingerprint density at radius 3 is 2.70 bits per heavy atom. The van der Waals surface area contributed by atoms with E-state index in [1.807, 2.05) is 0 Å². The van der Waals surface area contributed by atoms with Crippen LogP contribution in [0.2, 0.25) is 0 Å². The van der Waals surface area contributed by atoms with Crippen LogP contribution < -0.4 is 21.5 Å². The van der Waals surface area contributed by atoms with Crippen LogP contribution in [-0.2, 0) is 6.54 Å². The van der Waals surface area contributed by atoms with Crippen LogP contribution in [0.25, 0.3) is 0 Å². The van der Waals surface area contributed by atoms with Crippen molar-refractivity contribution in [2.75, 3.05) is 13.6 Å². The minimum Gasteiger partial charge on any atom is -1.00 e. The lowest BCUT2D eigenvalue weighted by Gasteiger charge is -2.18. The Morgan fingerprint density at radius 2 is 2.00 bits per heavy atom. The average molecular weight is 381 g/mol. The summed E-state index contributed by atoms with van der Waals surface area (Å²) in [5, 5.41) is 0. The highest BCUT2D eigenvalue weighted by atomic mass is 79.9. The third kappa shape index (κ3) is 7.17. The zero-order valence-corrected chi connectivity index (χ0v) is 16.5. The Hall–Kier alpha value is -0.670. The Bertz CT molecular complexity index is 459. The quantitative estimate of drug-likeness (QED) is 0.359. The summed E-state index contributed by atoms with van der Waals surface area (Å²) in [5.74, 6) is 0. The predicted molar refractivity (Wildman–Crippen MR) is 93.8 cm³/mol. The number of aromatic nitrogens is 1. The molecule has 1 aliphatic heterocycles. The van der Waals surface area contributed by atoms with Crippen molar-refractivity contribution in [3.05, 3.63) is 42.2 Å². The maximum absolute atomic E-state index is 2.48. The minimum absolute atomic E-state index is 0. The molecule has 0 amide bonds. The molecule has 0 spiro atoms. The predicted octanol–water partition coefficient (Wildman–Crippen LogP) is 1.66. The largest absolute Gasteiger partial charge is 1.00 e. The number of halogens is 1. The van der Waals surface area contributed by atoms with Gasteiger partial charge in [0.2, 0.25) is 0 Å². The SMILES string of the molecule is CCCCCC=CCCC[n+]1cccc(C2CCCN2C)c1.[Br-]. The molecule has 1 unspecified atom stereocenters. The molecule has 0 bridgehead atoms. The normalized spacial score (nSPS) is 18.4. The van der Waals surface area contributed by atoms with Gasteiger partial charge in [-0.15, -0.1) is 0 Å². The molecule has 130 valence electrons. The second kappa shape index (κ2) is 11.8. The Morgan fingerprint density at radius 1 is 1.22 bits per heavy atom. The number of aryl methyl sites for hydroxylation is 1. The molecule has 0 aliphatic carbocycles. The van der Waals surface area contributed by atoms with E-state index in [4.69, 9.17) is 0 Å². The monoisotopic (exact) mass is 380 g/mol. The second-order valence-corrected chi connectivity index (χ2v) is 6.62. The second-order valence-electron chi connectivity index (χ2n) is 6.62. The van der Waals surface area contributed by atoms with Gasteiger partial charge in [0.1, 0.15) is 6.54 Å². The van der Waals surface area contributed by atoms with Crippen LogP contribution in [0.15, 0.2) is 36.7 Å². The highest BCUT2D eigenvalue weighted by Gasteiger charge is 2.24. The molecule has 1 aromatic heterocycles. The van der Waals surface area contributed by atoms with Gasteiger partial charge < -0.3 is 17.0 Å². The molecule has 3 heteroatoms. The Balaban J connectivity index is 0.00000264. The van der Waals surface area contributed by atoms with Crippen LogP contribution in [0.3, 0.4) is 0 Å². The highest BCUT2D eigenvalue weighted by Crippen LogP contribution is 2.29. The number of likely N-dealkylation sites (tertiary alicyclic amines) is 1. The first-order valence-electron chi connectivity index (χ1n) is 9.15. The van der Waals surface area contributed by atoms with E-state index >= 15 is 0 Å². The zero-order valence-electron chi connectivity index (χ0n) is 14.9. The van der Waals surface area contributed by atoms with Crippen LogP contribution in [0.4, 0.5) is 0 Å². The molecule has 0 N–H and O–H groups in total. The van der Waals surface area contributed by atoms with Gasteiger partial charge in [0, 0.05) is 24.1 Å². The van der Waals surface area contributed by atoms with Crippen LogP contribution >= 0.6 is 0 Å². The number of allylic oxidation sites excluding steroid dienone is 2. The molecule has 2 rings (SSSR count). The first-order valence-corrected chi connectivity index (χ1v) is 9.15. The summed E-state index contributed by atoms with van der Waals surface area (Å²) < 4.78 is 2.37. The topological polar surface area (TPSA) is 7.12 Å². The van der Waals surface area contributed by atoms with Gasteiger partial charge in [-0.1, -0.05) is 31.9 Å². The summed E-state index contributed by atoms with van der Waals surface area (Å²) in [6.45, 7) is 4.63. The van der Waals surface area contributed by atoms with Gasteiger partial charge in [0.05, 0.1) is 0 Å². The van der Waals surface area contributed by atoms with Gasteiger partial charge in [0.25, 0.3) is 0 Å². The fourth-order valence-corrected chi connectivity index (χ4v) is 3.35. The maximum atomic E-state index is 2.48. The molecule has 2 nitrogen and oxygen atoms in total. The Kier molecular flexibility index (Phi) is 10.5. The van der Waals surface area contributed by atoms with Gasteiger partial charge in [-0.3, -0.25) is 4.90 Å². The number of nitrogens with zero attached hydrogens (tertiary/aromatic N) is 2. The number of hydrogen-bond acceptors (Lipinski definition) is 1. The summed E-state index contributed by atoms with van der Waals surface area (Å²) >= 11 is 0. The molecule has 0 saturated carbocycles. The van der Waals surface area contributed by atoms with Crippen LogP contribution in [-0.4, -0.2) is 18.5 Å². The molecule has 1 saturated heterocycles. The smallest absolute Gasteiger partial charge is 0.173 e. The molecule has 0 radical (unpaired) electrons. The van der Waals surface area contributed by atoms with Gasteiger partial charge in [-0.25, -0.2) is 4.57 Å². The van der Waals surface area contributed by atoms with Crippen molar-refractivity contribution in [3.63, 3.8) is 0 Å². The molecule has 1 aliphatic rings. The first-order chi connectivity index (χ1) is 10.8. The van der Waals surface area contributed by atoms with Crippen LogP contribution in [0.1, 0.15) is 69.9 Å². The van der Waals surface area contributed by atoms with Gasteiger partial charge >= 0.3 is 0 Å². The van der Waals surface area contributed by atoms with E-state index in [-0.39, 0.29) is 17.0 Å². The lowest BCUT2D eigenvalue weighted by Crippen LogP contribution is -3.00. The standard InChI is InChI=1S/C20H33N2.BrH/c1-3-4-5-6-7-8-9-10-16-22-17-11-13-19(18-22)20-14-12-15-21(20)2;/h7-8,11,13,17-18,20H,3-6,9-10,12,14-16H2,1-2H3;1H/q+1;/p-1. The van der Waals surface area contributed by atoms with E-state index in [9.17, 15) is 0 Å². The van der Waals surface area contributed by atoms with Crippen molar-refractivity contribution in [1.82, 2.24) is 4.90 Å². The Labute approximate surface area is 153 Å². The van der Waals surface area contributed by atoms with E-state index in [0.29, 0.717) is 6.04 Å². The lowest BCUT2D eigenvalue weighted by atomic mass is 10.1. The summed E-state index contributed by atoms with van der Waals surface area (Å²) in [5.41, 5.74) is 1.48. The summed E-state index contributed by atoms with van der Waals surface area (Å²) in [6.07, 6.45) is 19.7. The van der Waals surface area contributed by atoms with E-state index in [2.05, 4.69) is 60.1 Å². The van der Waals surface area contributed by atoms with Gasteiger partial charge in [-0.05, 0) is 51.8 Å². The zero-order chi connectivity index (χ0) is 15.6. The summed E-state index contributed by atoms with van der Waals surface area (Å²) in [6, 6.07) is 5.13. The van der Waals surface area contributed by atoms with Crippen molar-refractivity contribution < 1.29 is 21.5 Å². The molecular weight excluding hydrogens is 348 g/mol. The van der Waals surface area contributed by atoms with E-state index in [0.717, 1.165) is 6.54 Å². The number of pyridine rings is 1. The fourth-order valence-electron chi connectivity index (χ4n) is 3.35. The van der Waals surface area contributed by atoms with Crippen molar-refractivity contribution in [2.45, 2.75) is 70.9 Å². The van der Waals surface area contributed by atoms with Crippen LogP contribution in [0.5, 0.6) is 0 Å². The molecule has 23 heavy (non-hydrogen) atoms. The molecule has 0 aromatic carbocycles. The summed E-state index contributed by atoms with van der Waals surface area (Å²) in [4.78, 5) is 2.48. The molecule has 1 aromatic rings. The van der Waals surface area contributed by atoms with E-state index in [1.54, 1.807) is 0 Å². The van der Waals surface area contributed by atoms with Crippen molar-refractivity contribution in [2.24, 2.45) is 0 Å². The van der Waals surface area contributed by atoms with Gasteiger partial charge in [-0.2, -0.15) is 0 Å². The minimum atomic E-state index is 0. The lowest BCUT2D eigenvalue weighted by molar-refractivity contribution is -0.697. The van der Waals surface area contributed by atoms with E-state index in [1.165, 1.54) is 63.5 Å². The molecule has 1 fully saturated rings. The number of unbranched alkanes of at least 4 members (excludes halogenated alkanes) is 4. The fraction of sp³-hybridized carbons (Fsp3) is 0.650. The van der Waals surface area contributed by atoms with Crippen molar-refractivity contribution in [1.29, 1.82) is 0 Å². The highest BCUT2D eigenvalue weighted by molar-refractivity contribution is 5.12. The van der Waals surface area contributed by atoms with E-state index < -0.39 is 0 Å². The maximum Gasteiger partial charge on any atom is 0.173 e. The molecule has 1 atom stereocenters. The number of hydrogen-bond donors (Lipinski definition) is 0. The molecular formula is C20H33BrN2. The molecule has 2 heterocycles. The average Bonchev–Trinajstić information content (AvgIpc) is 2.96. The van der Waals surface area contributed by atoms with Gasteiger partial charge in [0.15, 0.2) is 12.4 Å². The van der Waals surface area contributed by atoms with Crippen molar-refractivity contribution >= 4 is 0 Å². The summed E-state index contributed by atoms with van der Waals surface area (Å²) in [7, 11) is 2.25. The van der Waals surface area contributed by atoms with Crippen molar-refractivity contribution in [3.8, 4) is 0 Å². The third-order valence-corrected chi connectivity index (χ3v) is 4.71. The van der Waals surface area contributed by atoms with Crippen LogP contribution in [0, 0.1) is 0 Å². The number of rotatable bonds is 9. The first kappa shape index (κ1) is 20.4.